The predicted molar refractivity (Wildman–Crippen MR) is 77.6 cm³/mol. The number of hydrogen-bond acceptors (Lipinski definition) is 1. The van der Waals surface area contributed by atoms with Gasteiger partial charge in [-0.05, 0) is 24.6 Å². The highest BCUT2D eigenvalue weighted by Crippen LogP contribution is 2.25. The van der Waals surface area contributed by atoms with E-state index in [1.165, 1.54) is 0 Å². The fourth-order valence-corrected chi connectivity index (χ4v) is 2.78. The molecule has 1 aliphatic heterocycles. The minimum absolute atomic E-state index is 0.0316. The number of hydrogen-bond donors (Lipinski definition) is 1. The molecule has 0 unspecified atom stereocenters. The van der Waals surface area contributed by atoms with E-state index in [1.54, 1.807) is 0 Å². The summed E-state index contributed by atoms with van der Waals surface area (Å²) in [7, 11) is 0. The van der Waals surface area contributed by atoms with Gasteiger partial charge in [-0.25, -0.2) is 0 Å². The number of amides is 1. The number of aromatic nitrogens is 1. The average molecular weight is 275 g/mol. The van der Waals surface area contributed by atoms with Gasteiger partial charge >= 0.3 is 0 Å². The molecule has 3 rings (SSSR count). The summed E-state index contributed by atoms with van der Waals surface area (Å²) < 4.78 is 0. The van der Waals surface area contributed by atoms with Gasteiger partial charge in [0.1, 0.15) is 5.69 Å². The number of fused-ring (bicyclic) bond motifs is 1. The van der Waals surface area contributed by atoms with E-state index in [4.69, 9.17) is 11.6 Å². The molecule has 19 heavy (non-hydrogen) atoms. The van der Waals surface area contributed by atoms with E-state index in [0.29, 0.717) is 17.3 Å². The lowest BCUT2D eigenvalue weighted by molar-refractivity contribution is 0.0742. The van der Waals surface area contributed by atoms with Crippen LogP contribution in [0.25, 0.3) is 10.9 Å². The molecule has 2 heterocycles. The Bertz CT molecular complexity index is 659. The van der Waals surface area contributed by atoms with Crippen molar-refractivity contribution < 1.29 is 4.79 Å². The normalized spacial score (nSPS) is 18.4. The molecular weight excluding hydrogens is 260 g/mol. The van der Waals surface area contributed by atoms with E-state index in [0.717, 1.165) is 17.3 Å². The van der Waals surface area contributed by atoms with Crippen LogP contribution in [-0.4, -0.2) is 28.4 Å². The summed E-state index contributed by atoms with van der Waals surface area (Å²) in [5.74, 6) is 0.0316. The number of nitrogens with one attached hydrogen (secondary N) is 1. The first-order valence-corrected chi connectivity index (χ1v) is 6.83. The van der Waals surface area contributed by atoms with Crippen molar-refractivity contribution in [2.24, 2.45) is 0 Å². The zero-order valence-electron chi connectivity index (χ0n) is 10.7. The van der Waals surface area contributed by atoms with Crippen molar-refractivity contribution in [1.82, 2.24) is 9.88 Å². The molecule has 4 heteroatoms. The molecule has 0 radical (unpaired) electrons. The molecule has 98 valence electrons. The van der Waals surface area contributed by atoms with Gasteiger partial charge in [0.05, 0.1) is 6.04 Å². The number of benzene rings is 1. The van der Waals surface area contributed by atoms with Crippen molar-refractivity contribution in [1.29, 1.82) is 0 Å². The quantitative estimate of drug-likeness (QED) is 0.835. The number of rotatable bonds is 2. The maximum Gasteiger partial charge on any atom is 0.271 e. The van der Waals surface area contributed by atoms with Crippen molar-refractivity contribution >= 4 is 28.4 Å². The second-order valence-electron chi connectivity index (χ2n) is 4.75. The first-order valence-electron chi connectivity index (χ1n) is 6.45. The second kappa shape index (κ2) is 4.74. The fourth-order valence-electron chi connectivity index (χ4n) is 2.55. The second-order valence-corrected chi connectivity index (χ2v) is 5.15. The number of aromatic amines is 1. The number of nitrogens with zero attached hydrogens (tertiary/aromatic N) is 1. The van der Waals surface area contributed by atoms with Gasteiger partial charge in [-0.2, -0.15) is 0 Å². The minimum atomic E-state index is 0.0316. The van der Waals surface area contributed by atoms with Gasteiger partial charge in [0.15, 0.2) is 0 Å². The third-order valence-electron chi connectivity index (χ3n) is 3.58. The Hall–Kier alpha value is -1.74. The van der Waals surface area contributed by atoms with Crippen molar-refractivity contribution in [3.05, 3.63) is 47.1 Å². The Morgan fingerprint density at radius 3 is 3.11 bits per heavy atom. The molecular formula is C15H15ClN2O. The maximum absolute atomic E-state index is 12.5. The Morgan fingerprint density at radius 1 is 1.53 bits per heavy atom. The van der Waals surface area contributed by atoms with Crippen molar-refractivity contribution in [2.45, 2.75) is 19.4 Å². The summed E-state index contributed by atoms with van der Waals surface area (Å²) in [5.41, 5.74) is 1.50. The Labute approximate surface area is 116 Å². The number of H-pyrrole nitrogens is 1. The molecule has 0 saturated heterocycles. The molecule has 0 fully saturated rings. The summed E-state index contributed by atoms with van der Waals surface area (Å²) in [4.78, 5) is 17.5. The molecule has 1 N–H and O–H groups in total. The lowest BCUT2D eigenvalue weighted by Gasteiger charge is -2.22. The number of carbonyl (C=O) groups excluding carboxylic acids is 1. The molecule has 3 nitrogen and oxygen atoms in total. The van der Waals surface area contributed by atoms with Crippen LogP contribution in [0.4, 0.5) is 0 Å². The summed E-state index contributed by atoms with van der Waals surface area (Å²) in [6.45, 7) is 2.77. The lowest BCUT2D eigenvalue weighted by Crippen LogP contribution is -2.35. The van der Waals surface area contributed by atoms with Crippen LogP contribution in [0.15, 0.2) is 36.4 Å². The third-order valence-corrected chi connectivity index (χ3v) is 3.91. The van der Waals surface area contributed by atoms with Gasteiger partial charge in [0.25, 0.3) is 5.91 Å². The highest BCUT2D eigenvalue weighted by atomic mass is 35.5. The van der Waals surface area contributed by atoms with Crippen LogP contribution in [-0.2, 0) is 0 Å². The van der Waals surface area contributed by atoms with E-state index in [9.17, 15) is 4.79 Å². The fraction of sp³-hybridized carbons (Fsp3) is 0.267. The Balaban J connectivity index is 1.96. The Morgan fingerprint density at radius 2 is 2.37 bits per heavy atom. The molecule has 1 aliphatic rings. The van der Waals surface area contributed by atoms with Crippen molar-refractivity contribution in [2.75, 3.05) is 6.54 Å². The topological polar surface area (TPSA) is 36.1 Å². The van der Waals surface area contributed by atoms with Gasteiger partial charge < -0.3 is 9.88 Å². The highest BCUT2D eigenvalue weighted by molar-refractivity contribution is 6.35. The van der Waals surface area contributed by atoms with E-state index in [-0.39, 0.29) is 11.9 Å². The van der Waals surface area contributed by atoms with Gasteiger partial charge in [0.2, 0.25) is 0 Å². The van der Waals surface area contributed by atoms with Crippen LogP contribution in [0.1, 0.15) is 23.8 Å². The smallest absolute Gasteiger partial charge is 0.271 e. The summed E-state index contributed by atoms with van der Waals surface area (Å²) >= 11 is 6.13. The van der Waals surface area contributed by atoms with E-state index in [2.05, 4.69) is 18.0 Å². The van der Waals surface area contributed by atoms with Crippen molar-refractivity contribution in [3.63, 3.8) is 0 Å². The molecule has 0 saturated carbocycles. The Kier molecular flexibility index (Phi) is 3.07. The largest absolute Gasteiger partial charge is 0.350 e. The maximum atomic E-state index is 12.5. The lowest BCUT2D eigenvalue weighted by atomic mass is 10.2. The molecule has 1 atom stereocenters. The summed E-state index contributed by atoms with van der Waals surface area (Å²) in [6.07, 6.45) is 5.07. The van der Waals surface area contributed by atoms with Crippen LogP contribution in [0, 0.1) is 0 Å². The van der Waals surface area contributed by atoms with Gasteiger partial charge in [-0.15, -0.1) is 0 Å². The van der Waals surface area contributed by atoms with E-state index < -0.39 is 0 Å². The SMILES string of the molecule is CC[C@H]1C=CCN1C(=O)c1cc2c(Cl)cccc2[nH]1. The molecule has 1 aromatic carbocycles. The number of carbonyl (C=O) groups is 1. The van der Waals surface area contributed by atoms with Crippen LogP contribution < -0.4 is 0 Å². The standard InChI is InChI=1S/C15H15ClN2O/c1-2-10-5-4-8-18(10)15(19)14-9-11-12(16)6-3-7-13(11)17-14/h3-7,9-10,17H,2,8H2,1H3/t10-/m0/s1. The first-order chi connectivity index (χ1) is 9.20. The zero-order chi connectivity index (χ0) is 13.4. The third kappa shape index (κ3) is 2.04. The molecule has 0 bridgehead atoms. The van der Waals surface area contributed by atoms with E-state index >= 15 is 0 Å². The average Bonchev–Trinajstić information content (AvgIpc) is 3.04. The van der Waals surface area contributed by atoms with Crippen LogP contribution >= 0.6 is 11.6 Å². The number of halogens is 1. The van der Waals surface area contributed by atoms with Gasteiger partial charge in [-0.3, -0.25) is 4.79 Å². The van der Waals surface area contributed by atoms with Crippen LogP contribution in [0.2, 0.25) is 5.02 Å². The predicted octanol–water partition coefficient (Wildman–Crippen LogP) is 3.61. The molecule has 2 aromatic rings. The molecule has 1 aromatic heterocycles. The summed E-state index contributed by atoms with van der Waals surface area (Å²) in [5, 5.41) is 1.56. The first kappa shape index (κ1) is 12.3. The van der Waals surface area contributed by atoms with Gasteiger partial charge in [0, 0.05) is 22.5 Å². The highest BCUT2D eigenvalue weighted by Gasteiger charge is 2.25. The van der Waals surface area contributed by atoms with E-state index in [1.807, 2.05) is 35.2 Å². The zero-order valence-corrected chi connectivity index (χ0v) is 11.4. The molecule has 0 spiro atoms. The van der Waals surface area contributed by atoms with Gasteiger partial charge in [-0.1, -0.05) is 36.7 Å². The van der Waals surface area contributed by atoms with Crippen LogP contribution in [0.5, 0.6) is 0 Å². The molecule has 1 amide bonds. The minimum Gasteiger partial charge on any atom is -0.350 e. The molecule has 0 aliphatic carbocycles. The summed E-state index contributed by atoms with van der Waals surface area (Å²) in [6, 6.07) is 7.68. The van der Waals surface area contributed by atoms with Crippen LogP contribution in [0.3, 0.4) is 0 Å². The monoisotopic (exact) mass is 274 g/mol. The van der Waals surface area contributed by atoms with Crippen molar-refractivity contribution in [3.8, 4) is 0 Å².